The first-order valence-corrected chi connectivity index (χ1v) is 10.9. The lowest BCUT2D eigenvalue weighted by Crippen LogP contribution is -2.47. The maximum Gasteiger partial charge on any atom is 0.329 e. The van der Waals surface area contributed by atoms with Gasteiger partial charge >= 0.3 is 5.97 Å². The van der Waals surface area contributed by atoms with E-state index in [1.54, 1.807) is 16.7 Å². The summed E-state index contributed by atoms with van der Waals surface area (Å²) in [6, 6.07) is 7.27. The zero-order valence-electron chi connectivity index (χ0n) is 17.5. The van der Waals surface area contributed by atoms with Crippen LogP contribution in [0.1, 0.15) is 70.3 Å². The number of rotatable bonds is 6. The summed E-state index contributed by atoms with van der Waals surface area (Å²) in [7, 11) is 0. The van der Waals surface area contributed by atoms with Gasteiger partial charge in [-0.3, -0.25) is 4.79 Å². The first-order chi connectivity index (χ1) is 12.7. The minimum absolute atomic E-state index is 0.0106. The van der Waals surface area contributed by atoms with Crippen LogP contribution in [0.5, 0.6) is 0 Å². The summed E-state index contributed by atoms with van der Waals surface area (Å²) in [4.78, 5) is 27.6. The highest BCUT2D eigenvalue weighted by Crippen LogP contribution is 2.36. The zero-order chi connectivity index (χ0) is 20.2. The maximum absolute atomic E-state index is 13.3. The lowest BCUT2D eigenvalue weighted by Gasteiger charge is -2.30. The van der Waals surface area contributed by atoms with E-state index in [-0.39, 0.29) is 28.6 Å². The second kappa shape index (κ2) is 9.13. The van der Waals surface area contributed by atoms with Gasteiger partial charge in [0, 0.05) is 11.3 Å². The molecule has 1 aromatic carbocycles. The first-order valence-electron chi connectivity index (χ1n) is 9.88. The van der Waals surface area contributed by atoms with Crippen LogP contribution in [0.4, 0.5) is 0 Å². The maximum atomic E-state index is 13.3. The van der Waals surface area contributed by atoms with Gasteiger partial charge in [0.25, 0.3) is 5.91 Å². The molecule has 5 heteroatoms. The van der Waals surface area contributed by atoms with E-state index in [0.29, 0.717) is 17.9 Å². The number of carbonyl (C=O) groups is 2. The number of ether oxygens (including phenoxy) is 1. The molecule has 150 valence electrons. The topological polar surface area (TPSA) is 46.6 Å². The fraction of sp³-hybridized carbons (Fsp3) is 0.636. The van der Waals surface area contributed by atoms with Gasteiger partial charge in [0.2, 0.25) is 0 Å². The van der Waals surface area contributed by atoms with Crippen LogP contribution in [0.2, 0.25) is 0 Å². The zero-order valence-corrected chi connectivity index (χ0v) is 18.3. The van der Waals surface area contributed by atoms with Gasteiger partial charge in [0.05, 0.1) is 12.0 Å². The second-order valence-electron chi connectivity index (χ2n) is 8.54. The van der Waals surface area contributed by atoms with E-state index in [9.17, 15) is 9.59 Å². The first kappa shape index (κ1) is 21.8. The van der Waals surface area contributed by atoms with Crippen molar-refractivity contribution in [3.63, 3.8) is 0 Å². The Bertz CT molecular complexity index is 649. The van der Waals surface area contributed by atoms with E-state index in [0.717, 1.165) is 12.8 Å². The van der Waals surface area contributed by atoms with Crippen LogP contribution in [0, 0.1) is 5.92 Å². The van der Waals surface area contributed by atoms with Crippen molar-refractivity contribution in [3.05, 3.63) is 35.4 Å². The number of hydrogen-bond acceptors (Lipinski definition) is 4. The molecule has 0 aromatic heterocycles. The van der Waals surface area contributed by atoms with Crippen molar-refractivity contribution in [3.8, 4) is 0 Å². The fourth-order valence-electron chi connectivity index (χ4n) is 3.16. The molecule has 2 atom stereocenters. The Morgan fingerprint density at radius 3 is 2.37 bits per heavy atom. The molecule has 2 rings (SSSR count). The third-order valence-corrected chi connectivity index (χ3v) is 6.47. The predicted molar refractivity (Wildman–Crippen MR) is 112 cm³/mol. The Morgan fingerprint density at radius 1 is 1.22 bits per heavy atom. The molecule has 0 aliphatic carbocycles. The molecule has 0 bridgehead atoms. The van der Waals surface area contributed by atoms with Gasteiger partial charge in [-0.05, 0) is 35.4 Å². The number of hydrogen-bond donors (Lipinski definition) is 0. The summed E-state index contributed by atoms with van der Waals surface area (Å²) in [5.41, 5.74) is 1.85. The largest absolute Gasteiger partial charge is 0.464 e. The number of unbranched alkanes of at least 4 members (excludes halogenated alkanes) is 1. The molecule has 1 heterocycles. The molecule has 1 aliphatic heterocycles. The fourth-order valence-corrected chi connectivity index (χ4v) is 4.62. The minimum atomic E-state index is -0.506. The second-order valence-corrected chi connectivity index (χ2v) is 9.69. The van der Waals surface area contributed by atoms with Gasteiger partial charge in [0.15, 0.2) is 0 Å². The standard InChI is InChI=1S/C22H33NO3S/c1-7-8-13-26-21(25)18-14-27-20(15(2)3)23(18)19(24)16-9-11-17(12-10-16)22(4,5)6/h9-12,15,18,20H,7-8,13-14H2,1-6H3. The third-order valence-electron chi connectivity index (χ3n) is 4.85. The van der Waals surface area contributed by atoms with Gasteiger partial charge < -0.3 is 9.64 Å². The van der Waals surface area contributed by atoms with E-state index in [1.807, 2.05) is 24.3 Å². The van der Waals surface area contributed by atoms with Crippen LogP contribution in [-0.2, 0) is 14.9 Å². The molecule has 1 fully saturated rings. The normalized spacial score (nSPS) is 20.2. The van der Waals surface area contributed by atoms with E-state index in [4.69, 9.17) is 4.74 Å². The molecule has 0 spiro atoms. The van der Waals surface area contributed by atoms with Gasteiger partial charge in [-0.25, -0.2) is 4.79 Å². The summed E-state index contributed by atoms with van der Waals surface area (Å²) < 4.78 is 5.43. The van der Waals surface area contributed by atoms with Gasteiger partial charge in [-0.1, -0.05) is 60.1 Å². The predicted octanol–water partition coefficient (Wildman–Crippen LogP) is 4.87. The highest BCUT2D eigenvalue weighted by Gasteiger charge is 2.43. The van der Waals surface area contributed by atoms with Crippen LogP contribution < -0.4 is 0 Å². The van der Waals surface area contributed by atoms with Crippen LogP contribution in [0.15, 0.2) is 24.3 Å². The highest BCUT2D eigenvalue weighted by molar-refractivity contribution is 8.00. The molecule has 0 N–H and O–H groups in total. The van der Waals surface area contributed by atoms with Crippen molar-refractivity contribution in [1.82, 2.24) is 4.90 Å². The van der Waals surface area contributed by atoms with Crippen LogP contribution in [-0.4, -0.2) is 40.6 Å². The van der Waals surface area contributed by atoms with Crippen molar-refractivity contribution in [1.29, 1.82) is 0 Å². The van der Waals surface area contributed by atoms with Crippen molar-refractivity contribution in [2.24, 2.45) is 5.92 Å². The molecular weight excluding hydrogens is 358 g/mol. The van der Waals surface area contributed by atoms with E-state index in [2.05, 4.69) is 41.5 Å². The molecule has 1 aromatic rings. The lowest BCUT2D eigenvalue weighted by atomic mass is 9.86. The molecule has 1 amide bonds. The SMILES string of the molecule is CCCCOC(=O)C1CSC(C(C)C)N1C(=O)c1ccc(C(C)(C)C)cc1. The summed E-state index contributed by atoms with van der Waals surface area (Å²) >= 11 is 1.67. The minimum Gasteiger partial charge on any atom is -0.464 e. The van der Waals surface area contributed by atoms with Crippen LogP contribution >= 0.6 is 11.8 Å². The Morgan fingerprint density at radius 2 is 1.85 bits per heavy atom. The van der Waals surface area contributed by atoms with E-state index >= 15 is 0 Å². The van der Waals surface area contributed by atoms with Crippen molar-refractivity contribution in [2.75, 3.05) is 12.4 Å². The van der Waals surface area contributed by atoms with Crippen LogP contribution in [0.3, 0.4) is 0 Å². The number of carbonyl (C=O) groups excluding carboxylic acids is 2. The molecule has 0 radical (unpaired) electrons. The smallest absolute Gasteiger partial charge is 0.329 e. The number of benzene rings is 1. The quantitative estimate of drug-likeness (QED) is 0.513. The lowest BCUT2D eigenvalue weighted by molar-refractivity contribution is -0.148. The molecule has 1 aliphatic rings. The molecule has 2 unspecified atom stereocenters. The third kappa shape index (κ3) is 5.28. The molecular formula is C22H33NO3S. The Balaban J connectivity index is 2.23. The van der Waals surface area contributed by atoms with Crippen LogP contribution in [0.25, 0.3) is 0 Å². The summed E-state index contributed by atoms with van der Waals surface area (Å²) in [5, 5.41) is -0.0106. The average Bonchev–Trinajstić information content (AvgIpc) is 3.06. The molecule has 1 saturated heterocycles. The van der Waals surface area contributed by atoms with Gasteiger partial charge in [0.1, 0.15) is 6.04 Å². The van der Waals surface area contributed by atoms with Gasteiger partial charge in [-0.2, -0.15) is 0 Å². The summed E-state index contributed by atoms with van der Waals surface area (Å²) in [6.45, 7) is 13.1. The highest BCUT2D eigenvalue weighted by atomic mass is 32.2. The van der Waals surface area contributed by atoms with E-state index in [1.165, 1.54) is 5.56 Å². The van der Waals surface area contributed by atoms with Gasteiger partial charge in [-0.15, -0.1) is 11.8 Å². The molecule has 0 saturated carbocycles. The Kier molecular flexibility index (Phi) is 7.38. The summed E-state index contributed by atoms with van der Waals surface area (Å²) in [6.07, 6.45) is 1.82. The number of nitrogens with zero attached hydrogens (tertiary/aromatic N) is 1. The van der Waals surface area contributed by atoms with Crippen molar-refractivity contribution >= 4 is 23.6 Å². The average molecular weight is 392 g/mol. The van der Waals surface area contributed by atoms with Crippen molar-refractivity contribution in [2.45, 2.75) is 71.2 Å². The van der Waals surface area contributed by atoms with Crippen molar-refractivity contribution < 1.29 is 14.3 Å². The number of esters is 1. The Labute approximate surface area is 168 Å². The number of thioether (sulfide) groups is 1. The number of amides is 1. The molecule has 4 nitrogen and oxygen atoms in total. The molecule has 27 heavy (non-hydrogen) atoms. The Hall–Kier alpha value is -1.49. The monoisotopic (exact) mass is 391 g/mol. The summed E-state index contributed by atoms with van der Waals surface area (Å²) in [5.74, 6) is 0.496. The van der Waals surface area contributed by atoms with E-state index < -0.39 is 6.04 Å².